The molecule has 0 aliphatic heterocycles. The molecule has 1 fully saturated rings. The highest BCUT2D eigenvalue weighted by atomic mass is 35.5. The van der Waals surface area contributed by atoms with Gasteiger partial charge in [-0.3, -0.25) is 10.1 Å². The van der Waals surface area contributed by atoms with E-state index in [4.69, 9.17) is 11.6 Å². The molecule has 0 spiro atoms. The first kappa shape index (κ1) is 15.2. The van der Waals surface area contributed by atoms with Gasteiger partial charge in [-0.2, -0.15) is 0 Å². The highest BCUT2D eigenvalue weighted by Gasteiger charge is 2.31. The summed E-state index contributed by atoms with van der Waals surface area (Å²) < 4.78 is 27.1. The van der Waals surface area contributed by atoms with Crippen LogP contribution in [0.3, 0.4) is 0 Å². The Bertz CT molecular complexity index is 605. The summed E-state index contributed by atoms with van der Waals surface area (Å²) in [6.07, 6.45) is 3.25. The van der Waals surface area contributed by atoms with Gasteiger partial charge < -0.3 is 0 Å². The van der Waals surface area contributed by atoms with Crippen molar-refractivity contribution in [3.05, 3.63) is 34.4 Å². The second-order valence-electron chi connectivity index (χ2n) is 4.75. The predicted octanol–water partition coefficient (Wildman–Crippen LogP) is 2.42. The number of para-hydroxylation sites is 1. The first-order chi connectivity index (χ1) is 9.42. The summed E-state index contributed by atoms with van der Waals surface area (Å²) in [7, 11) is -3.94. The Morgan fingerprint density at radius 3 is 2.55 bits per heavy atom. The van der Waals surface area contributed by atoms with Gasteiger partial charge in [-0.15, -0.1) is 11.6 Å². The molecule has 1 aromatic carbocycles. The number of hydrogen-bond acceptors (Lipinski definition) is 4. The maximum atomic E-state index is 12.3. The lowest BCUT2D eigenvalue weighted by atomic mass is 9.96. The normalized spacial score (nSPS) is 23.4. The molecular weight excluding hydrogens is 304 g/mol. The second-order valence-corrected chi connectivity index (χ2v) is 7.00. The minimum absolute atomic E-state index is 0.277. The zero-order chi connectivity index (χ0) is 14.8. The molecule has 0 radical (unpaired) electrons. The minimum Gasteiger partial charge on any atom is -0.258 e. The van der Waals surface area contributed by atoms with Crippen LogP contribution in [-0.2, 0) is 10.0 Å². The lowest BCUT2D eigenvalue weighted by molar-refractivity contribution is -0.387. The molecule has 6 nitrogen and oxygen atoms in total. The number of nitro groups is 1. The standard InChI is InChI=1S/C12H15ClN2O4S/c13-9-5-1-2-6-10(9)14-20(18,19)12-8-4-3-7-11(12)15(16)17/h3-4,7-10,14H,1-2,5-6H2. The van der Waals surface area contributed by atoms with Gasteiger partial charge in [0.2, 0.25) is 10.0 Å². The number of nitro benzene ring substituents is 1. The Kier molecular flexibility index (Phi) is 4.62. The topological polar surface area (TPSA) is 89.3 Å². The molecule has 1 saturated carbocycles. The van der Waals surface area contributed by atoms with Crippen LogP contribution in [0.2, 0.25) is 0 Å². The molecule has 110 valence electrons. The summed E-state index contributed by atoms with van der Waals surface area (Å²) in [6, 6.07) is 4.92. The fraction of sp³-hybridized carbons (Fsp3) is 0.500. The van der Waals surface area contributed by atoms with Gasteiger partial charge in [0.25, 0.3) is 5.69 Å². The molecule has 0 bridgehead atoms. The van der Waals surface area contributed by atoms with Crippen molar-refractivity contribution in [1.82, 2.24) is 4.72 Å². The number of halogens is 1. The van der Waals surface area contributed by atoms with Crippen molar-refractivity contribution in [1.29, 1.82) is 0 Å². The van der Waals surface area contributed by atoms with Crippen LogP contribution in [0.1, 0.15) is 25.7 Å². The van der Waals surface area contributed by atoms with E-state index in [-0.39, 0.29) is 16.3 Å². The summed E-state index contributed by atoms with van der Waals surface area (Å²) in [6.45, 7) is 0. The summed E-state index contributed by atoms with van der Waals surface area (Å²) in [4.78, 5) is 9.89. The molecular formula is C12H15ClN2O4S. The summed E-state index contributed by atoms with van der Waals surface area (Å²) in [5.74, 6) is 0. The number of nitrogens with zero attached hydrogens (tertiary/aromatic N) is 1. The lowest BCUT2D eigenvalue weighted by Crippen LogP contribution is -2.42. The van der Waals surface area contributed by atoms with E-state index in [1.165, 1.54) is 24.3 Å². The molecule has 0 heterocycles. The van der Waals surface area contributed by atoms with Crippen LogP contribution in [0, 0.1) is 10.1 Å². The molecule has 2 atom stereocenters. The van der Waals surface area contributed by atoms with E-state index in [1.807, 2.05) is 0 Å². The van der Waals surface area contributed by atoms with Crippen LogP contribution in [0.15, 0.2) is 29.2 Å². The highest BCUT2D eigenvalue weighted by Crippen LogP contribution is 2.27. The molecule has 1 N–H and O–H groups in total. The van der Waals surface area contributed by atoms with Gasteiger partial charge in [-0.1, -0.05) is 25.0 Å². The lowest BCUT2D eigenvalue weighted by Gasteiger charge is -2.27. The minimum atomic E-state index is -3.94. The molecule has 0 aromatic heterocycles. The molecule has 1 aromatic rings. The van der Waals surface area contributed by atoms with Crippen molar-refractivity contribution in [3.8, 4) is 0 Å². The smallest absolute Gasteiger partial charge is 0.258 e. The van der Waals surface area contributed by atoms with Crippen LogP contribution in [0.25, 0.3) is 0 Å². The van der Waals surface area contributed by atoms with E-state index in [0.29, 0.717) is 6.42 Å². The SMILES string of the molecule is O=[N+]([O-])c1ccccc1S(=O)(=O)NC1CCCCC1Cl. The van der Waals surface area contributed by atoms with Gasteiger partial charge in [0.1, 0.15) is 0 Å². The van der Waals surface area contributed by atoms with E-state index < -0.39 is 20.6 Å². The maximum absolute atomic E-state index is 12.3. The first-order valence-electron chi connectivity index (χ1n) is 6.31. The average molecular weight is 319 g/mol. The van der Waals surface area contributed by atoms with Gasteiger partial charge in [0.15, 0.2) is 4.90 Å². The molecule has 20 heavy (non-hydrogen) atoms. The van der Waals surface area contributed by atoms with Crippen molar-refractivity contribution in [2.75, 3.05) is 0 Å². The van der Waals surface area contributed by atoms with Crippen molar-refractivity contribution >= 4 is 27.3 Å². The highest BCUT2D eigenvalue weighted by molar-refractivity contribution is 7.89. The van der Waals surface area contributed by atoms with Gasteiger partial charge in [-0.05, 0) is 18.9 Å². The molecule has 1 aliphatic carbocycles. The third-order valence-corrected chi connectivity index (χ3v) is 5.40. The number of benzene rings is 1. The zero-order valence-corrected chi connectivity index (χ0v) is 12.2. The zero-order valence-electron chi connectivity index (χ0n) is 10.7. The quantitative estimate of drug-likeness (QED) is 0.524. The first-order valence-corrected chi connectivity index (χ1v) is 8.23. The Hall–Kier alpha value is -1.18. The Morgan fingerprint density at radius 2 is 1.90 bits per heavy atom. The molecule has 0 saturated heterocycles. The number of rotatable bonds is 4. The van der Waals surface area contributed by atoms with E-state index in [2.05, 4.69) is 4.72 Å². The Morgan fingerprint density at radius 1 is 1.25 bits per heavy atom. The molecule has 2 unspecified atom stereocenters. The van der Waals surface area contributed by atoms with Crippen molar-refractivity contribution in [2.24, 2.45) is 0 Å². The fourth-order valence-electron chi connectivity index (χ4n) is 2.32. The summed E-state index contributed by atoms with van der Waals surface area (Å²) in [5, 5.41) is 10.6. The van der Waals surface area contributed by atoms with Crippen LogP contribution < -0.4 is 4.72 Å². The van der Waals surface area contributed by atoms with Crippen LogP contribution in [0.5, 0.6) is 0 Å². The number of hydrogen-bond donors (Lipinski definition) is 1. The Balaban J connectivity index is 2.29. The van der Waals surface area contributed by atoms with E-state index in [0.717, 1.165) is 19.3 Å². The third-order valence-electron chi connectivity index (χ3n) is 3.34. The number of sulfonamides is 1. The number of nitrogens with one attached hydrogen (secondary N) is 1. The maximum Gasteiger partial charge on any atom is 0.289 e. The predicted molar refractivity (Wildman–Crippen MR) is 75.3 cm³/mol. The van der Waals surface area contributed by atoms with Gasteiger partial charge in [-0.25, -0.2) is 13.1 Å². The van der Waals surface area contributed by atoms with Gasteiger partial charge >= 0.3 is 0 Å². The van der Waals surface area contributed by atoms with Crippen molar-refractivity contribution in [3.63, 3.8) is 0 Å². The molecule has 0 amide bonds. The molecule has 2 rings (SSSR count). The third kappa shape index (κ3) is 3.28. The number of alkyl halides is 1. The molecule has 1 aliphatic rings. The summed E-state index contributed by atoms with van der Waals surface area (Å²) >= 11 is 6.12. The Labute approximate surface area is 122 Å². The fourth-order valence-corrected chi connectivity index (χ4v) is 4.22. The second kappa shape index (κ2) is 6.07. The van der Waals surface area contributed by atoms with Gasteiger partial charge in [0, 0.05) is 17.5 Å². The van der Waals surface area contributed by atoms with Crippen LogP contribution in [-0.4, -0.2) is 24.8 Å². The van der Waals surface area contributed by atoms with E-state index in [1.54, 1.807) is 0 Å². The van der Waals surface area contributed by atoms with Crippen molar-refractivity contribution < 1.29 is 13.3 Å². The monoisotopic (exact) mass is 318 g/mol. The van der Waals surface area contributed by atoms with Gasteiger partial charge in [0.05, 0.1) is 4.92 Å². The van der Waals surface area contributed by atoms with E-state index in [9.17, 15) is 18.5 Å². The van der Waals surface area contributed by atoms with E-state index >= 15 is 0 Å². The average Bonchev–Trinajstić information content (AvgIpc) is 2.41. The van der Waals surface area contributed by atoms with Crippen LogP contribution >= 0.6 is 11.6 Å². The largest absolute Gasteiger partial charge is 0.289 e. The van der Waals surface area contributed by atoms with Crippen molar-refractivity contribution in [2.45, 2.75) is 42.0 Å². The summed E-state index contributed by atoms with van der Waals surface area (Å²) in [5.41, 5.74) is -0.429. The molecule has 8 heteroatoms. The van der Waals surface area contributed by atoms with Crippen LogP contribution in [0.4, 0.5) is 5.69 Å².